The predicted octanol–water partition coefficient (Wildman–Crippen LogP) is 2.25. The van der Waals surface area contributed by atoms with Gasteiger partial charge in [-0.15, -0.1) is 0 Å². The van der Waals surface area contributed by atoms with Gasteiger partial charge >= 0.3 is 0 Å². The van der Waals surface area contributed by atoms with Gasteiger partial charge < -0.3 is 10.6 Å². The molecular weight excluding hydrogens is 262 g/mol. The van der Waals surface area contributed by atoms with E-state index in [1.807, 2.05) is 31.3 Å². The van der Waals surface area contributed by atoms with Crippen LogP contribution in [0.1, 0.15) is 23.1 Å². The maximum atomic E-state index is 9.12. The highest BCUT2D eigenvalue weighted by molar-refractivity contribution is 5.55. The van der Waals surface area contributed by atoms with Gasteiger partial charge in [0, 0.05) is 31.7 Å². The number of anilines is 1. The lowest BCUT2D eigenvalue weighted by Gasteiger charge is -2.09. The highest BCUT2D eigenvalue weighted by atomic mass is 15.0. The number of nitrogens with zero attached hydrogens (tertiary/aromatic N) is 3. The van der Waals surface area contributed by atoms with Crippen molar-refractivity contribution in [2.45, 2.75) is 19.9 Å². The molecule has 0 saturated heterocycles. The van der Waals surface area contributed by atoms with E-state index in [2.05, 4.69) is 26.7 Å². The zero-order valence-electron chi connectivity index (χ0n) is 12.1. The van der Waals surface area contributed by atoms with E-state index < -0.39 is 0 Å². The van der Waals surface area contributed by atoms with Crippen LogP contribution in [-0.4, -0.2) is 23.1 Å². The number of nitrogens with one attached hydrogen (secondary N) is 2. The monoisotopic (exact) mass is 281 g/mol. The Morgan fingerprint density at radius 1 is 1.24 bits per heavy atom. The largest absolute Gasteiger partial charge is 0.369 e. The van der Waals surface area contributed by atoms with Crippen LogP contribution in [0.3, 0.4) is 0 Å². The Labute approximate surface area is 125 Å². The van der Waals surface area contributed by atoms with Crippen molar-refractivity contribution in [3.05, 3.63) is 53.5 Å². The Kier molecular flexibility index (Phi) is 5.68. The smallest absolute Gasteiger partial charge is 0.144 e. The fourth-order valence-electron chi connectivity index (χ4n) is 1.99. The summed E-state index contributed by atoms with van der Waals surface area (Å²) in [5.41, 5.74) is 2.75. The molecule has 2 heterocycles. The zero-order valence-corrected chi connectivity index (χ0v) is 12.1. The van der Waals surface area contributed by atoms with Gasteiger partial charge in [0.2, 0.25) is 0 Å². The number of pyridine rings is 2. The summed E-state index contributed by atoms with van der Waals surface area (Å²) in [6.07, 6.45) is 6.32. The summed E-state index contributed by atoms with van der Waals surface area (Å²) in [5.74, 6) is 0.671. The van der Waals surface area contributed by atoms with E-state index in [9.17, 15) is 0 Å². The molecule has 2 rings (SSSR count). The third kappa shape index (κ3) is 4.55. The van der Waals surface area contributed by atoms with E-state index in [4.69, 9.17) is 5.26 Å². The Bertz CT molecular complexity index is 604. The average molecular weight is 281 g/mol. The van der Waals surface area contributed by atoms with Crippen molar-refractivity contribution in [1.82, 2.24) is 15.3 Å². The average Bonchev–Trinajstić information content (AvgIpc) is 2.52. The van der Waals surface area contributed by atoms with Crippen LogP contribution in [0.15, 0.2) is 36.8 Å². The number of aryl methyl sites for hydroxylation is 1. The first kappa shape index (κ1) is 14.9. The molecule has 0 unspecified atom stereocenters. The first-order valence-electron chi connectivity index (χ1n) is 7.00. The zero-order chi connectivity index (χ0) is 14.9. The van der Waals surface area contributed by atoms with Crippen molar-refractivity contribution < 1.29 is 0 Å². The van der Waals surface area contributed by atoms with Crippen molar-refractivity contribution >= 4 is 5.82 Å². The van der Waals surface area contributed by atoms with Gasteiger partial charge in [-0.3, -0.25) is 4.98 Å². The summed E-state index contributed by atoms with van der Waals surface area (Å²) in [4.78, 5) is 8.29. The molecular formula is C16H19N5. The van der Waals surface area contributed by atoms with Crippen LogP contribution in [-0.2, 0) is 6.54 Å². The molecule has 0 bridgehead atoms. The SMILES string of the molecule is Cc1ccnc(NCCCNCc2cccnc2)c1C#N. The number of rotatable bonds is 7. The molecule has 5 nitrogen and oxygen atoms in total. The normalized spacial score (nSPS) is 10.1. The van der Waals surface area contributed by atoms with Crippen molar-refractivity contribution in [2.75, 3.05) is 18.4 Å². The third-order valence-electron chi connectivity index (χ3n) is 3.15. The minimum Gasteiger partial charge on any atom is -0.369 e. The molecule has 5 heteroatoms. The van der Waals surface area contributed by atoms with Gasteiger partial charge in [0.25, 0.3) is 0 Å². The molecule has 0 atom stereocenters. The van der Waals surface area contributed by atoms with Gasteiger partial charge in [-0.25, -0.2) is 4.98 Å². The molecule has 2 N–H and O–H groups in total. The summed E-state index contributed by atoms with van der Waals surface area (Å²) < 4.78 is 0. The summed E-state index contributed by atoms with van der Waals surface area (Å²) in [7, 11) is 0. The van der Waals surface area contributed by atoms with Crippen molar-refractivity contribution in [2.24, 2.45) is 0 Å². The van der Waals surface area contributed by atoms with Crippen LogP contribution in [0.2, 0.25) is 0 Å². The molecule has 108 valence electrons. The standard InChI is InChI=1S/C16H19N5/c1-13-5-9-21-16(15(13)10-17)20-8-3-7-19-12-14-4-2-6-18-11-14/h2,4-6,9,11,19H,3,7-8,12H2,1H3,(H,20,21). The molecule has 0 aliphatic carbocycles. The number of hydrogen-bond acceptors (Lipinski definition) is 5. The second kappa shape index (κ2) is 7.98. The molecule has 2 aromatic heterocycles. The second-order valence-electron chi connectivity index (χ2n) is 4.78. The lowest BCUT2D eigenvalue weighted by atomic mass is 10.1. The molecule has 0 amide bonds. The van der Waals surface area contributed by atoms with E-state index in [1.54, 1.807) is 12.4 Å². The van der Waals surface area contributed by atoms with Crippen LogP contribution in [0.5, 0.6) is 0 Å². The minimum absolute atomic E-state index is 0.626. The Morgan fingerprint density at radius 3 is 2.90 bits per heavy atom. The fraction of sp³-hybridized carbons (Fsp3) is 0.312. The highest BCUT2D eigenvalue weighted by Gasteiger charge is 2.05. The van der Waals surface area contributed by atoms with Gasteiger partial charge in [-0.2, -0.15) is 5.26 Å². The van der Waals surface area contributed by atoms with Crippen molar-refractivity contribution in [3.8, 4) is 6.07 Å². The molecule has 0 fully saturated rings. The van der Waals surface area contributed by atoms with Gasteiger partial charge in [-0.1, -0.05) is 6.07 Å². The van der Waals surface area contributed by atoms with Gasteiger partial charge in [-0.05, 0) is 43.1 Å². The van der Waals surface area contributed by atoms with Crippen LogP contribution in [0.25, 0.3) is 0 Å². The van der Waals surface area contributed by atoms with E-state index >= 15 is 0 Å². The lowest BCUT2D eigenvalue weighted by molar-refractivity contribution is 0.661. The van der Waals surface area contributed by atoms with Crippen LogP contribution in [0.4, 0.5) is 5.82 Å². The first-order valence-corrected chi connectivity index (χ1v) is 7.00. The molecule has 2 aromatic rings. The molecule has 21 heavy (non-hydrogen) atoms. The van der Waals surface area contributed by atoms with Gasteiger partial charge in [0.15, 0.2) is 0 Å². The first-order chi connectivity index (χ1) is 10.3. The van der Waals surface area contributed by atoms with Crippen molar-refractivity contribution in [1.29, 1.82) is 5.26 Å². The maximum Gasteiger partial charge on any atom is 0.144 e. The quantitative estimate of drug-likeness (QED) is 0.761. The molecule has 0 radical (unpaired) electrons. The molecule has 0 spiro atoms. The fourth-order valence-corrected chi connectivity index (χ4v) is 1.99. The lowest BCUT2D eigenvalue weighted by Crippen LogP contribution is -2.18. The van der Waals surface area contributed by atoms with Crippen LogP contribution < -0.4 is 10.6 Å². The molecule has 0 saturated carbocycles. The summed E-state index contributed by atoms with van der Waals surface area (Å²) in [6, 6.07) is 8.02. The van der Waals surface area contributed by atoms with E-state index in [-0.39, 0.29) is 0 Å². The topological polar surface area (TPSA) is 73.6 Å². The number of aromatic nitrogens is 2. The minimum atomic E-state index is 0.626. The van der Waals surface area contributed by atoms with Gasteiger partial charge in [0.05, 0.1) is 5.56 Å². The summed E-state index contributed by atoms with van der Waals surface area (Å²) in [6.45, 7) is 4.42. The number of hydrogen-bond donors (Lipinski definition) is 2. The summed E-state index contributed by atoms with van der Waals surface area (Å²) >= 11 is 0. The third-order valence-corrected chi connectivity index (χ3v) is 3.15. The maximum absolute atomic E-state index is 9.12. The van der Waals surface area contributed by atoms with E-state index in [1.165, 1.54) is 5.56 Å². The Hall–Kier alpha value is -2.45. The van der Waals surface area contributed by atoms with Gasteiger partial charge in [0.1, 0.15) is 11.9 Å². The summed E-state index contributed by atoms with van der Waals surface area (Å²) in [5, 5.41) is 15.7. The van der Waals surface area contributed by atoms with Crippen LogP contribution >= 0.6 is 0 Å². The second-order valence-corrected chi connectivity index (χ2v) is 4.78. The van der Waals surface area contributed by atoms with Crippen molar-refractivity contribution in [3.63, 3.8) is 0 Å². The number of nitriles is 1. The Balaban J connectivity index is 1.69. The predicted molar refractivity (Wildman–Crippen MR) is 82.7 cm³/mol. The molecule has 0 aromatic carbocycles. The Morgan fingerprint density at radius 2 is 2.14 bits per heavy atom. The van der Waals surface area contributed by atoms with Crippen LogP contribution in [0, 0.1) is 18.3 Å². The molecule has 0 aliphatic rings. The van der Waals surface area contributed by atoms with E-state index in [0.29, 0.717) is 11.4 Å². The highest BCUT2D eigenvalue weighted by Crippen LogP contribution is 2.14. The molecule has 0 aliphatic heterocycles. The van der Waals surface area contributed by atoms with E-state index in [0.717, 1.165) is 31.6 Å².